The van der Waals surface area contributed by atoms with Crippen molar-refractivity contribution in [1.82, 2.24) is 20.1 Å². The summed E-state index contributed by atoms with van der Waals surface area (Å²) in [6, 6.07) is 6.20. The van der Waals surface area contributed by atoms with Gasteiger partial charge in [0.1, 0.15) is 0 Å². The first-order chi connectivity index (χ1) is 13.3. The normalized spacial score (nSPS) is 19.7. The average Bonchev–Trinajstić information content (AvgIpc) is 3.40. The molecule has 8 nitrogen and oxygen atoms in total. The molecule has 4 heterocycles. The van der Waals surface area contributed by atoms with E-state index in [1.54, 1.807) is 6.20 Å². The van der Waals surface area contributed by atoms with E-state index in [-0.39, 0.29) is 0 Å². The van der Waals surface area contributed by atoms with E-state index in [0.29, 0.717) is 6.79 Å². The largest absolute Gasteiger partial charge is 0.454 e. The zero-order chi connectivity index (χ0) is 18.1. The fraction of sp³-hybridized carbons (Fsp3) is 0.526. The van der Waals surface area contributed by atoms with Gasteiger partial charge in [-0.05, 0) is 30.5 Å². The van der Waals surface area contributed by atoms with Gasteiger partial charge in [0.2, 0.25) is 12.7 Å². The summed E-state index contributed by atoms with van der Waals surface area (Å²) in [5, 5.41) is 8.46. The predicted molar refractivity (Wildman–Crippen MR) is 101 cm³/mol. The van der Waals surface area contributed by atoms with E-state index in [4.69, 9.17) is 14.5 Å². The van der Waals surface area contributed by atoms with E-state index >= 15 is 0 Å². The number of nitrogens with zero attached hydrogens (tertiary/aromatic N) is 6. The second-order valence-corrected chi connectivity index (χ2v) is 7.26. The van der Waals surface area contributed by atoms with Gasteiger partial charge in [0, 0.05) is 45.8 Å². The highest BCUT2D eigenvalue weighted by molar-refractivity contribution is 5.45. The van der Waals surface area contributed by atoms with Crippen molar-refractivity contribution in [3.63, 3.8) is 0 Å². The smallest absolute Gasteiger partial charge is 0.247 e. The number of hydrogen-bond acceptors (Lipinski definition) is 8. The number of rotatable bonds is 4. The lowest BCUT2D eigenvalue weighted by Gasteiger charge is -2.34. The number of aromatic nitrogens is 3. The molecular formula is C19H24N6O2. The van der Waals surface area contributed by atoms with E-state index in [0.717, 1.165) is 69.1 Å². The number of hydrogen-bond donors (Lipinski definition) is 0. The van der Waals surface area contributed by atoms with Crippen molar-refractivity contribution in [3.8, 4) is 11.5 Å². The Kier molecular flexibility index (Phi) is 4.41. The van der Waals surface area contributed by atoms with E-state index in [1.165, 1.54) is 18.4 Å². The fourth-order valence-corrected chi connectivity index (χ4v) is 3.92. The van der Waals surface area contributed by atoms with E-state index in [9.17, 15) is 0 Å². The number of ether oxygens (including phenoxy) is 2. The van der Waals surface area contributed by atoms with Crippen molar-refractivity contribution in [1.29, 1.82) is 0 Å². The number of piperazine rings is 1. The van der Waals surface area contributed by atoms with Gasteiger partial charge < -0.3 is 19.3 Å². The highest BCUT2D eigenvalue weighted by atomic mass is 16.7. The molecule has 2 aromatic rings. The third-order valence-electron chi connectivity index (χ3n) is 5.46. The zero-order valence-corrected chi connectivity index (χ0v) is 15.4. The van der Waals surface area contributed by atoms with Crippen LogP contribution in [0.1, 0.15) is 18.4 Å². The summed E-state index contributed by atoms with van der Waals surface area (Å²) in [4.78, 5) is 11.7. The summed E-state index contributed by atoms with van der Waals surface area (Å²) in [6.07, 6.45) is 4.25. The molecule has 0 saturated carbocycles. The molecule has 0 atom stereocenters. The van der Waals surface area contributed by atoms with Gasteiger partial charge in [-0.1, -0.05) is 6.07 Å². The van der Waals surface area contributed by atoms with Crippen LogP contribution in [-0.2, 0) is 6.54 Å². The summed E-state index contributed by atoms with van der Waals surface area (Å²) in [5.41, 5.74) is 1.25. The maximum atomic E-state index is 5.48. The predicted octanol–water partition coefficient (Wildman–Crippen LogP) is 1.52. The molecule has 5 rings (SSSR count). The van der Waals surface area contributed by atoms with Crippen molar-refractivity contribution < 1.29 is 9.47 Å². The second-order valence-electron chi connectivity index (χ2n) is 7.26. The van der Waals surface area contributed by atoms with Gasteiger partial charge in [-0.15, -0.1) is 5.10 Å². The van der Waals surface area contributed by atoms with Crippen LogP contribution in [0, 0.1) is 0 Å². The molecule has 3 aliphatic heterocycles. The van der Waals surface area contributed by atoms with Crippen molar-refractivity contribution in [2.75, 3.05) is 55.9 Å². The first kappa shape index (κ1) is 16.6. The molecular weight excluding hydrogens is 344 g/mol. The summed E-state index contributed by atoms with van der Waals surface area (Å²) >= 11 is 0. The minimum Gasteiger partial charge on any atom is -0.454 e. The zero-order valence-electron chi connectivity index (χ0n) is 15.4. The SMILES string of the molecule is c1cc2c(cc1CN1CCN(c3nncc(N4CCCC4)n3)CC1)OCO2. The Balaban J connectivity index is 1.20. The summed E-state index contributed by atoms with van der Waals surface area (Å²) in [5.74, 6) is 3.40. The topological polar surface area (TPSA) is 66.9 Å². The van der Waals surface area contributed by atoms with Crippen molar-refractivity contribution in [2.45, 2.75) is 19.4 Å². The van der Waals surface area contributed by atoms with Gasteiger partial charge in [0.05, 0.1) is 6.20 Å². The average molecular weight is 368 g/mol. The van der Waals surface area contributed by atoms with Crippen LogP contribution in [0.5, 0.6) is 11.5 Å². The Bertz CT molecular complexity index is 803. The minimum absolute atomic E-state index is 0.321. The molecule has 0 bridgehead atoms. The Labute approximate surface area is 158 Å². The van der Waals surface area contributed by atoms with Gasteiger partial charge in [0.25, 0.3) is 0 Å². The molecule has 142 valence electrons. The van der Waals surface area contributed by atoms with E-state index < -0.39 is 0 Å². The first-order valence-corrected chi connectivity index (χ1v) is 9.66. The molecule has 0 amide bonds. The van der Waals surface area contributed by atoms with Crippen LogP contribution in [0.3, 0.4) is 0 Å². The molecule has 1 aromatic carbocycles. The van der Waals surface area contributed by atoms with Crippen molar-refractivity contribution in [3.05, 3.63) is 30.0 Å². The van der Waals surface area contributed by atoms with Gasteiger partial charge in [-0.25, -0.2) is 0 Å². The Morgan fingerprint density at radius 3 is 2.56 bits per heavy atom. The van der Waals surface area contributed by atoms with Crippen LogP contribution >= 0.6 is 0 Å². The lowest BCUT2D eigenvalue weighted by atomic mass is 10.1. The molecule has 2 saturated heterocycles. The summed E-state index contributed by atoms with van der Waals surface area (Å²) in [7, 11) is 0. The van der Waals surface area contributed by atoms with Gasteiger partial charge in [0.15, 0.2) is 17.3 Å². The van der Waals surface area contributed by atoms with Crippen LogP contribution in [0.25, 0.3) is 0 Å². The number of fused-ring (bicyclic) bond motifs is 1. The third-order valence-corrected chi connectivity index (χ3v) is 5.46. The highest BCUT2D eigenvalue weighted by Crippen LogP contribution is 2.33. The van der Waals surface area contributed by atoms with Crippen LogP contribution < -0.4 is 19.3 Å². The van der Waals surface area contributed by atoms with Crippen LogP contribution in [0.15, 0.2) is 24.4 Å². The van der Waals surface area contributed by atoms with Crippen LogP contribution in [0.4, 0.5) is 11.8 Å². The Hall–Kier alpha value is -2.61. The lowest BCUT2D eigenvalue weighted by Crippen LogP contribution is -2.46. The third kappa shape index (κ3) is 3.49. The second kappa shape index (κ2) is 7.19. The standard InChI is InChI=1S/C19H24N6O2/c1-2-6-24(5-1)18-12-20-22-19(21-18)25-9-7-23(8-10-25)13-15-3-4-16-17(11-15)27-14-26-16/h3-4,11-12H,1-2,5-10,13-14H2. The van der Waals surface area contributed by atoms with Crippen molar-refractivity contribution >= 4 is 11.8 Å². The summed E-state index contributed by atoms with van der Waals surface area (Å²) in [6.45, 7) is 7.16. The van der Waals surface area contributed by atoms with Crippen LogP contribution in [0.2, 0.25) is 0 Å². The minimum atomic E-state index is 0.321. The van der Waals surface area contributed by atoms with Crippen LogP contribution in [-0.4, -0.2) is 66.1 Å². The molecule has 2 fully saturated rings. The molecule has 0 N–H and O–H groups in total. The molecule has 1 aromatic heterocycles. The fourth-order valence-electron chi connectivity index (χ4n) is 3.92. The molecule has 27 heavy (non-hydrogen) atoms. The molecule has 0 unspecified atom stereocenters. The van der Waals surface area contributed by atoms with Gasteiger partial charge in [-0.3, -0.25) is 4.90 Å². The van der Waals surface area contributed by atoms with E-state index in [1.807, 2.05) is 6.07 Å². The van der Waals surface area contributed by atoms with Gasteiger partial charge >= 0.3 is 0 Å². The molecule has 0 aliphatic carbocycles. The van der Waals surface area contributed by atoms with Crippen molar-refractivity contribution in [2.24, 2.45) is 0 Å². The molecule has 8 heteroatoms. The molecule has 0 spiro atoms. The number of benzene rings is 1. The first-order valence-electron chi connectivity index (χ1n) is 9.66. The lowest BCUT2D eigenvalue weighted by molar-refractivity contribution is 0.174. The Morgan fingerprint density at radius 1 is 0.889 bits per heavy atom. The molecule has 3 aliphatic rings. The summed E-state index contributed by atoms with van der Waals surface area (Å²) < 4.78 is 10.9. The number of anilines is 2. The van der Waals surface area contributed by atoms with Gasteiger partial charge in [-0.2, -0.15) is 10.1 Å². The maximum Gasteiger partial charge on any atom is 0.247 e. The van der Waals surface area contributed by atoms with E-state index in [2.05, 4.69) is 37.0 Å². The monoisotopic (exact) mass is 368 g/mol. The Morgan fingerprint density at radius 2 is 1.70 bits per heavy atom. The quantitative estimate of drug-likeness (QED) is 0.805. The highest BCUT2D eigenvalue weighted by Gasteiger charge is 2.22. The maximum absolute atomic E-state index is 5.48. The molecule has 0 radical (unpaired) electrons.